The van der Waals surface area contributed by atoms with Crippen LogP contribution < -0.4 is 5.32 Å². The Morgan fingerprint density at radius 2 is 2.21 bits per heavy atom. The first-order chi connectivity index (χ1) is 6.56. The standard InChI is InChI=1S/C10H16N2OS/c1-5-11-9(13)8-7(4)12-10(14-8)6(2)3/h6H,5H2,1-4H3,(H,11,13). The number of rotatable bonds is 3. The molecule has 0 fully saturated rings. The van der Waals surface area contributed by atoms with Crippen molar-refractivity contribution in [3.05, 3.63) is 15.6 Å². The Balaban J connectivity index is 2.92. The summed E-state index contributed by atoms with van der Waals surface area (Å²) in [5, 5.41) is 3.82. The van der Waals surface area contributed by atoms with Crippen molar-refractivity contribution < 1.29 is 4.79 Å². The molecule has 0 aliphatic rings. The fourth-order valence-corrected chi connectivity index (χ4v) is 2.10. The first-order valence-electron chi connectivity index (χ1n) is 4.81. The summed E-state index contributed by atoms with van der Waals surface area (Å²) >= 11 is 1.49. The number of thiazole rings is 1. The molecule has 0 bridgehead atoms. The van der Waals surface area contributed by atoms with Gasteiger partial charge in [0.1, 0.15) is 4.88 Å². The van der Waals surface area contributed by atoms with Gasteiger partial charge in [-0.05, 0) is 13.8 Å². The molecule has 1 amide bonds. The van der Waals surface area contributed by atoms with E-state index in [1.165, 1.54) is 11.3 Å². The van der Waals surface area contributed by atoms with Crippen molar-refractivity contribution in [3.63, 3.8) is 0 Å². The molecule has 0 aliphatic heterocycles. The molecule has 0 radical (unpaired) electrons. The third kappa shape index (κ3) is 2.32. The van der Waals surface area contributed by atoms with E-state index in [4.69, 9.17) is 0 Å². The van der Waals surface area contributed by atoms with Crippen LogP contribution >= 0.6 is 11.3 Å². The van der Waals surface area contributed by atoms with Crippen LogP contribution in [0.5, 0.6) is 0 Å². The average molecular weight is 212 g/mol. The largest absolute Gasteiger partial charge is 0.352 e. The maximum atomic E-state index is 11.6. The molecule has 1 rings (SSSR count). The van der Waals surface area contributed by atoms with E-state index in [1.807, 2.05) is 13.8 Å². The van der Waals surface area contributed by atoms with E-state index in [0.717, 1.165) is 15.6 Å². The molecule has 1 N–H and O–H groups in total. The Hall–Kier alpha value is -0.900. The van der Waals surface area contributed by atoms with Gasteiger partial charge in [0.15, 0.2) is 0 Å². The highest BCUT2D eigenvalue weighted by Crippen LogP contribution is 2.24. The van der Waals surface area contributed by atoms with Crippen LogP contribution in [-0.4, -0.2) is 17.4 Å². The van der Waals surface area contributed by atoms with E-state index in [2.05, 4.69) is 24.1 Å². The second kappa shape index (κ2) is 4.55. The molecule has 0 spiro atoms. The normalized spacial score (nSPS) is 10.6. The summed E-state index contributed by atoms with van der Waals surface area (Å²) in [5.74, 6) is 0.385. The third-order valence-electron chi connectivity index (χ3n) is 1.85. The Labute approximate surface area is 88.6 Å². The zero-order valence-electron chi connectivity index (χ0n) is 9.05. The lowest BCUT2D eigenvalue weighted by molar-refractivity contribution is 0.0959. The van der Waals surface area contributed by atoms with Crippen LogP contribution in [-0.2, 0) is 0 Å². The van der Waals surface area contributed by atoms with Crippen molar-refractivity contribution in [1.82, 2.24) is 10.3 Å². The van der Waals surface area contributed by atoms with Crippen LogP contribution in [0, 0.1) is 6.92 Å². The molecule has 4 heteroatoms. The van der Waals surface area contributed by atoms with Crippen molar-refractivity contribution in [2.75, 3.05) is 6.54 Å². The third-order valence-corrected chi connectivity index (χ3v) is 3.31. The van der Waals surface area contributed by atoms with Gasteiger partial charge in [-0.2, -0.15) is 0 Å². The number of aryl methyl sites for hydroxylation is 1. The lowest BCUT2D eigenvalue weighted by Gasteiger charge is -1.98. The van der Waals surface area contributed by atoms with Crippen molar-refractivity contribution in [2.24, 2.45) is 0 Å². The quantitative estimate of drug-likeness (QED) is 0.835. The van der Waals surface area contributed by atoms with E-state index in [0.29, 0.717) is 12.5 Å². The summed E-state index contributed by atoms with van der Waals surface area (Å²) in [6, 6.07) is 0. The highest BCUT2D eigenvalue weighted by atomic mass is 32.1. The van der Waals surface area contributed by atoms with Crippen molar-refractivity contribution >= 4 is 17.2 Å². The summed E-state index contributed by atoms with van der Waals surface area (Å²) in [5.41, 5.74) is 0.838. The number of hydrogen-bond donors (Lipinski definition) is 1. The molecule has 1 aromatic rings. The first kappa shape index (κ1) is 11.2. The fourth-order valence-electron chi connectivity index (χ4n) is 1.12. The average Bonchev–Trinajstić information content (AvgIpc) is 2.48. The summed E-state index contributed by atoms with van der Waals surface area (Å²) in [6.45, 7) is 8.62. The SMILES string of the molecule is CCNC(=O)c1sc(C(C)C)nc1C. The molecule has 1 aromatic heterocycles. The number of hydrogen-bond acceptors (Lipinski definition) is 3. The zero-order valence-corrected chi connectivity index (χ0v) is 9.86. The smallest absolute Gasteiger partial charge is 0.263 e. The number of nitrogens with one attached hydrogen (secondary N) is 1. The molecule has 0 saturated carbocycles. The van der Waals surface area contributed by atoms with Gasteiger partial charge in [-0.25, -0.2) is 4.98 Å². The Bertz CT molecular complexity index is 331. The number of carbonyl (C=O) groups is 1. The number of aromatic nitrogens is 1. The number of amides is 1. The molecule has 0 unspecified atom stereocenters. The first-order valence-corrected chi connectivity index (χ1v) is 5.63. The molecule has 0 atom stereocenters. The lowest BCUT2D eigenvalue weighted by atomic mass is 10.2. The molecule has 3 nitrogen and oxygen atoms in total. The molecular formula is C10H16N2OS. The molecular weight excluding hydrogens is 196 g/mol. The van der Waals surface area contributed by atoms with Crippen molar-refractivity contribution in [1.29, 1.82) is 0 Å². The van der Waals surface area contributed by atoms with Crippen LogP contribution in [0.25, 0.3) is 0 Å². The predicted octanol–water partition coefficient (Wildman–Crippen LogP) is 2.32. The Morgan fingerprint density at radius 1 is 1.57 bits per heavy atom. The van der Waals surface area contributed by atoms with Gasteiger partial charge < -0.3 is 5.32 Å². The maximum absolute atomic E-state index is 11.6. The minimum Gasteiger partial charge on any atom is -0.352 e. The minimum atomic E-state index is -0.00519. The topological polar surface area (TPSA) is 42.0 Å². The monoisotopic (exact) mass is 212 g/mol. The van der Waals surface area contributed by atoms with E-state index >= 15 is 0 Å². The van der Waals surface area contributed by atoms with Gasteiger partial charge >= 0.3 is 0 Å². The minimum absolute atomic E-state index is 0.00519. The van der Waals surface area contributed by atoms with E-state index in [-0.39, 0.29) is 5.91 Å². The van der Waals surface area contributed by atoms with Gasteiger partial charge in [-0.3, -0.25) is 4.79 Å². The van der Waals surface area contributed by atoms with Crippen molar-refractivity contribution in [3.8, 4) is 0 Å². The highest BCUT2D eigenvalue weighted by Gasteiger charge is 2.15. The second-order valence-corrected chi connectivity index (χ2v) is 4.51. The van der Waals surface area contributed by atoms with Gasteiger partial charge in [0.2, 0.25) is 0 Å². The van der Waals surface area contributed by atoms with Crippen LogP contribution in [0.1, 0.15) is 47.1 Å². The van der Waals surface area contributed by atoms with E-state index in [9.17, 15) is 4.79 Å². The summed E-state index contributed by atoms with van der Waals surface area (Å²) in [4.78, 5) is 16.7. The van der Waals surface area contributed by atoms with Crippen LogP contribution in [0.2, 0.25) is 0 Å². The summed E-state index contributed by atoms with van der Waals surface area (Å²) < 4.78 is 0. The Kier molecular flexibility index (Phi) is 3.63. The second-order valence-electron chi connectivity index (χ2n) is 3.48. The van der Waals surface area contributed by atoms with Gasteiger partial charge in [-0.15, -0.1) is 11.3 Å². The van der Waals surface area contributed by atoms with Crippen LogP contribution in [0.3, 0.4) is 0 Å². The number of carbonyl (C=O) groups excluding carboxylic acids is 1. The molecule has 0 aliphatic carbocycles. The van der Waals surface area contributed by atoms with Gasteiger partial charge in [-0.1, -0.05) is 13.8 Å². The maximum Gasteiger partial charge on any atom is 0.263 e. The molecule has 1 heterocycles. The van der Waals surface area contributed by atoms with Gasteiger partial charge in [0.05, 0.1) is 10.7 Å². The Morgan fingerprint density at radius 3 is 2.64 bits per heavy atom. The van der Waals surface area contributed by atoms with Crippen LogP contribution in [0.4, 0.5) is 0 Å². The molecule has 78 valence electrons. The van der Waals surface area contributed by atoms with Gasteiger partial charge in [0, 0.05) is 12.5 Å². The highest BCUT2D eigenvalue weighted by molar-refractivity contribution is 7.13. The lowest BCUT2D eigenvalue weighted by Crippen LogP contribution is -2.22. The molecule has 0 saturated heterocycles. The summed E-state index contributed by atoms with van der Waals surface area (Å²) in [7, 11) is 0. The molecule has 14 heavy (non-hydrogen) atoms. The van der Waals surface area contributed by atoms with Crippen LogP contribution in [0.15, 0.2) is 0 Å². The zero-order chi connectivity index (χ0) is 10.7. The summed E-state index contributed by atoms with van der Waals surface area (Å²) in [6.07, 6.45) is 0. The number of nitrogens with zero attached hydrogens (tertiary/aromatic N) is 1. The van der Waals surface area contributed by atoms with Gasteiger partial charge in [0.25, 0.3) is 5.91 Å². The predicted molar refractivity (Wildman–Crippen MR) is 58.9 cm³/mol. The van der Waals surface area contributed by atoms with Crippen molar-refractivity contribution in [2.45, 2.75) is 33.6 Å². The fraction of sp³-hybridized carbons (Fsp3) is 0.600. The van der Waals surface area contributed by atoms with E-state index < -0.39 is 0 Å². The molecule has 0 aromatic carbocycles. The van der Waals surface area contributed by atoms with E-state index in [1.54, 1.807) is 0 Å².